The van der Waals surface area contributed by atoms with Gasteiger partial charge in [-0.3, -0.25) is 14.6 Å². The molecule has 0 saturated heterocycles. The number of carbonyl (C=O) groups is 3. The van der Waals surface area contributed by atoms with E-state index in [0.717, 1.165) is 27.6 Å². The molecule has 1 heterocycles. The van der Waals surface area contributed by atoms with Crippen molar-refractivity contribution in [3.8, 4) is 11.8 Å². The normalized spacial score (nSPS) is 12.0. The average Bonchev–Trinajstić information content (AvgIpc) is 3.49. The third kappa shape index (κ3) is 12.2. The highest BCUT2D eigenvalue weighted by atomic mass is 16.7. The molecule has 0 aliphatic rings. The van der Waals surface area contributed by atoms with E-state index in [1.807, 2.05) is 119 Å². The van der Waals surface area contributed by atoms with Gasteiger partial charge in [-0.1, -0.05) is 66.7 Å². The first-order valence-corrected chi connectivity index (χ1v) is 18.8. The Morgan fingerprint density at radius 1 is 0.964 bits per heavy atom. The van der Waals surface area contributed by atoms with Crippen molar-refractivity contribution in [2.45, 2.75) is 72.1 Å². The van der Waals surface area contributed by atoms with Gasteiger partial charge in [0.1, 0.15) is 23.5 Å². The number of nitrogens with zero attached hydrogens (tertiary/aromatic N) is 5. The van der Waals surface area contributed by atoms with Crippen molar-refractivity contribution in [1.29, 1.82) is 5.26 Å². The van der Waals surface area contributed by atoms with Crippen LogP contribution in [0.5, 0.6) is 5.75 Å². The number of carbonyl (C=O) groups excluding carboxylic acids is 3. The van der Waals surface area contributed by atoms with Crippen molar-refractivity contribution in [1.82, 2.24) is 24.8 Å². The standard InChI is InChI=1S/C43H55N7O6/c1-8-23-49(50(42(45)53)26-32-15-12-11-13-16-32)29-38(51)46-37(24-31-19-21-35(22-20-31)56-43(4,5)6)41(52)48(30-39(54-9-2)55-10-3)28-33-17-14-18-36-34(25-44)27-47(7)40(33)36/h8,11-22,27,37,39H,1,9-10,23-24,26,28-30H2,2-7H3,(H2,45,53)(H,46,51)/t37-/m0/s1. The van der Waals surface area contributed by atoms with Crippen LogP contribution in [0.15, 0.2) is 91.6 Å². The Hall–Kier alpha value is -5.68. The number of aromatic nitrogens is 1. The highest BCUT2D eigenvalue weighted by molar-refractivity contribution is 5.91. The Balaban J connectivity index is 1.72. The van der Waals surface area contributed by atoms with E-state index in [1.54, 1.807) is 17.2 Å². The zero-order valence-electron chi connectivity index (χ0n) is 33.4. The van der Waals surface area contributed by atoms with E-state index in [1.165, 1.54) is 10.0 Å². The largest absolute Gasteiger partial charge is 0.488 e. The van der Waals surface area contributed by atoms with E-state index in [-0.39, 0.29) is 45.1 Å². The molecule has 3 aromatic carbocycles. The van der Waals surface area contributed by atoms with Gasteiger partial charge in [-0.25, -0.2) is 9.80 Å². The molecule has 1 atom stereocenters. The Morgan fingerprint density at radius 2 is 1.64 bits per heavy atom. The summed E-state index contributed by atoms with van der Waals surface area (Å²) in [7, 11) is 1.86. The quantitative estimate of drug-likeness (QED) is 0.0663. The van der Waals surface area contributed by atoms with Crippen molar-refractivity contribution in [2.24, 2.45) is 12.8 Å². The number of rotatable bonds is 20. The minimum Gasteiger partial charge on any atom is -0.488 e. The average molecular weight is 766 g/mol. The number of ether oxygens (including phenoxy) is 3. The van der Waals surface area contributed by atoms with Crippen molar-refractivity contribution < 1.29 is 28.6 Å². The number of hydrogen-bond donors (Lipinski definition) is 2. The van der Waals surface area contributed by atoms with Crippen LogP contribution < -0.4 is 15.8 Å². The zero-order chi connectivity index (χ0) is 40.8. The molecule has 0 spiro atoms. The number of aryl methyl sites for hydroxylation is 1. The lowest BCUT2D eigenvalue weighted by Gasteiger charge is -2.34. The smallest absolute Gasteiger partial charge is 0.329 e. The van der Waals surface area contributed by atoms with Gasteiger partial charge in [0.15, 0.2) is 6.29 Å². The van der Waals surface area contributed by atoms with E-state index >= 15 is 0 Å². The lowest BCUT2D eigenvalue weighted by atomic mass is 10.0. The molecular formula is C43H55N7O6. The van der Waals surface area contributed by atoms with Gasteiger partial charge in [-0.2, -0.15) is 5.26 Å². The Kier molecular flexibility index (Phi) is 15.6. The molecular weight excluding hydrogens is 711 g/mol. The number of para-hydroxylation sites is 1. The number of nitrogens with two attached hydrogens (primary N) is 1. The van der Waals surface area contributed by atoms with Gasteiger partial charge in [-0.15, -0.1) is 6.58 Å². The van der Waals surface area contributed by atoms with Gasteiger partial charge in [0, 0.05) is 51.4 Å². The second-order valence-corrected chi connectivity index (χ2v) is 14.3. The zero-order valence-corrected chi connectivity index (χ0v) is 33.4. The monoisotopic (exact) mass is 765 g/mol. The molecule has 0 aliphatic carbocycles. The number of urea groups is 1. The summed E-state index contributed by atoms with van der Waals surface area (Å²) in [6.07, 6.45) is 2.74. The number of hydrazine groups is 1. The summed E-state index contributed by atoms with van der Waals surface area (Å²) in [5.74, 6) is -0.217. The third-order valence-corrected chi connectivity index (χ3v) is 8.81. The molecule has 4 aromatic rings. The molecule has 0 aliphatic heterocycles. The van der Waals surface area contributed by atoms with Crippen LogP contribution in [0.25, 0.3) is 10.9 Å². The fraction of sp³-hybridized carbons (Fsp3) is 0.395. The first-order valence-electron chi connectivity index (χ1n) is 18.8. The number of nitriles is 1. The summed E-state index contributed by atoms with van der Waals surface area (Å²) in [5, 5.41) is 16.3. The lowest BCUT2D eigenvalue weighted by molar-refractivity contribution is -0.161. The van der Waals surface area contributed by atoms with Gasteiger partial charge in [0.25, 0.3) is 0 Å². The summed E-state index contributed by atoms with van der Waals surface area (Å²) >= 11 is 0. The van der Waals surface area contributed by atoms with Crippen LogP contribution in [0, 0.1) is 11.3 Å². The Labute approximate surface area is 330 Å². The fourth-order valence-corrected chi connectivity index (χ4v) is 6.49. The van der Waals surface area contributed by atoms with Crippen molar-refractivity contribution in [3.05, 3.63) is 114 Å². The van der Waals surface area contributed by atoms with E-state index in [4.69, 9.17) is 19.9 Å². The lowest BCUT2D eigenvalue weighted by Crippen LogP contribution is -2.56. The SMILES string of the molecule is C=CCN(CC(=O)N[C@@H](Cc1ccc(OC(C)(C)C)cc1)C(=O)N(Cc1cccc2c(C#N)cn(C)c12)CC(OCC)OCC)N(Cc1ccccc1)C(N)=O. The molecule has 3 N–H and O–H groups in total. The van der Waals surface area contributed by atoms with E-state index < -0.39 is 29.9 Å². The van der Waals surface area contributed by atoms with Crippen molar-refractivity contribution in [2.75, 3.05) is 32.8 Å². The molecule has 13 nitrogen and oxygen atoms in total. The van der Waals surface area contributed by atoms with E-state index in [0.29, 0.717) is 24.5 Å². The number of nitrogens with one attached hydrogen (secondary N) is 1. The second-order valence-electron chi connectivity index (χ2n) is 14.3. The molecule has 4 rings (SSSR count). The van der Waals surface area contributed by atoms with Gasteiger partial charge in [-0.05, 0) is 63.4 Å². The van der Waals surface area contributed by atoms with Crippen LogP contribution in [0.1, 0.15) is 56.9 Å². The van der Waals surface area contributed by atoms with Crippen molar-refractivity contribution >= 4 is 28.7 Å². The second kappa shape index (κ2) is 20.3. The van der Waals surface area contributed by atoms with Crippen LogP contribution in [0.3, 0.4) is 0 Å². The summed E-state index contributed by atoms with van der Waals surface area (Å²) in [4.78, 5) is 43.4. The molecule has 4 amide bonds. The minimum atomic E-state index is -1.05. The number of hydrogen-bond acceptors (Lipinski definition) is 8. The maximum atomic E-state index is 15.0. The maximum Gasteiger partial charge on any atom is 0.329 e. The molecule has 1 aromatic heterocycles. The first-order chi connectivity index (χ1) is 26.8. The summed E-state index contributed by atoms with van der Waals surface area (Å²) in [6, 6.07) is 22.8. The van der Waals surface area contributed by atoms with E-state index in [9.17, 15) is 19.6 Å². The van der Waals surface area contributed by atoms with Crippen LogP contribution in [-0.4, -0.2) is 88.1 Å². The molecule has 0 bridgehead atoms. The molecule has 298 valence electrons. The molecule has 0 saturated carbocycles. The summed E-state index contributed by atoms with van der Waals surface area (Å²) < 4.78 is 19.7. The first kappa shape index (κ1) is 43.1. The van der Waals surface area contributed by atoms with Gasteiger partial charge >= 0.3 is 6.03 Å². The van der Waals surface area contributed by atoms with Crippen LogP contribution >= 0.6 is 0 Å². The van der Waals surface area contributed by atoms with Crippen LogP contribution in [0.4, 0.5) is 4.79 Å². The Morgan fingerprint density at radius 3 is 2.23 bits per heavy atom. The van der Waals surface area contributed by atoms with Crippen LogP contribution in [-0.2, 0) is 45.6 Å². The Bertz CT molecular complexity index is 1960. The summed E-state index contributed by atoms with van der Waals surface area (Å²) in [5.41, 5.74) is 9.16. The number of fused-ring (bicyclic) bond motifs is 1. The highest BCUT2D eigenvalue weighted by Gasteiger charge is 2.31. The predicted octanol–water partition coefficient (Wildman–Crippen LogP) is 5.67. The highest BCUT2D eigenvalue weighted by Crippen LogP contribution is 2.26. The van der Waals surface area contributed by atoms with Gasteiger partial charge < -0.3 is 34.7 Å². The third-order valence-electron chi connectivity index (χ3n) is 8.81. The number of amides is 4. The minimum absolute atomic E-state index is 0.0618. The topological polar surface area (TPSA) is 155 Å². The predicted molar refractivity (Wildman–Crippen MR) is 216 cm³/mol. The van der Waals surface area contributed by atoms with E-state index in [2.05, 4.69) is 18.0 Å². The molecule has 13 heteroatoms. The fourth-order valence-electron chi connectivity index (χ4n) is 6.49. The van der Waals surface area contributed by atoms with Crippen molar-refractivity contribution in [3.63, 3.8) is 0 Å². The number of primary amides is 1. The molecule has 0 fully saturated rings. The number of benzene rings is 3. The van der Waals surface area contributed by atoms with Gasteiger partial charge in [0.2, 0.25) is 11.8 Å². The summed E-state index contributed by atoms with van der Waals surface area (Å²) in [6.45, 7) is 14.3. The molecule has 0 radical (unpaired) electrons. The molecule has 0 unspecified atom stereocenters. The molecule has 56 heavy (non-hydrogen) atoms. The van der Waals surface area contributed by atoms with Gasteiger partial charge in [0.05, 0.1) is 30.7 Å². The van der Waals surface area contributed by atoms with Crippen LogP contribution in [0.2, 0.25) is 0 Å². The maximum absolute atomic E-state index is 15.0.